The first kappa shape index (κ1) is 22.5. The molecule has 0 atom stereocenters. The second-order valence-corrected chi connectivity index (χ2v) is 10.2. The fourth-order valence-electron chi connectivity index (χ4n) is 4.32. The molecule has 172 valence electrons. The predicted molar refractivity (Wildman–Crippen MR) is 125 cm³/mol. The summed E-state index contributed by atoms with van der Waals surface area (Å²) in [6, 6.07) is 6.89. The number of nitrogens with one attached hydrogen (secondary N) is 1. The minimum absolute atomic E-state index is 0.190. The average molecular weight is 459 g/mol. The summed E-state index contributed by atoms with van der Waals surface area (Å²) in [5.74, 6) is 1.59. The van der Waals surface area contributed by atoms with E-state index in [2.05, 4.69) is 25.1 Å². The van der Waals surface area contributed by atoms with Crippen LogP contribution in [0.25, 0.3) is 0 Å². The van der Waals surface area contributed by atoms with E-state index in [0.717, 1.165) is 24.7 Å². The van der Waals surface area contributed by atoms with Crippen LogP contribution < -0.4 is 15.1 Å². The molecule has 0 spiro atoms. The highest BCUT2D eigenvalue weighted by Gasteiger charge is 2.30. The van der Waals surface area contributed by atoms with Crippen LogP contribution in [0.15, 0.2) is 35.5 Å². The number of carbonyl (C=O) groups excluding carboxylic acids is 1. The van der Waals surface area contributed by atoms with E-state index in [9.17, 15) is 13.2 Å². The van der Waals surface area contributed by atoms with Gasteiger partial charge in [-0.05, 0) is 49.9 Å². The number of hydrogen-bond acceptors (Lipinski definition) is 7. The van der Waals surface area contributed by atoms with Crippen molar-refractivity contribution in [3.63, 3.8) is 0 Å². The van der Waals surface area contributed by atoms with Crippen molar-refractivity contribution in [2.45, 2.75) is 38.0 Å². The Morgan fingerprint density at radius 1 is 0.906 bits per heavy atom. The lowest BCUT2D eigenvalue weighted by molar-refractivity contribution is -0.114. The Morgan fingerprint density at radius 2 is 1.53 bits per heavy atom. The number of piperidine rings is 1. The number of sulfonamides is 1. The van der Waals surface area contributed by atoms with E-state index in [1.807, 2.05) is 6.07 Å². The molecule has 2 fully saturated rings. The van der Waals surface area contributed by atoms with Crippen LogP contribution >= 0.6 is 0 Å². The summed E-state index contributed by atoms with van der Waals surface area (Å²) < 4.78 is 28.0. The van der Waals surface area contributed by atoms with E-state index in [-0.39, 0.29) is 10.8 Å². The molecule has 3 heterocycles. The van der Waals surface area contributed by atoms with E-state index in [1.54, 1.807) is 31.5 Å². The normalized spacial score (nSPS) is 17.9. The van der Waals surface area contributed by atoms with Crippen molar-refractivity contribution in [2.24, 2.45) is 0 Å². The smallest absolute Gasteiger partial charge is 0.243 e. The first-order valence-electron chi connectivity index (χ1n) is 11.0. The van der Waals surface area contributed by atoms with Crippen LogP contribution in [-0.4, -0.2) is 67.9 Å². The van der Waals surface area contributed by atoms with Crippen LogP contribution in [-0.2, 0) is 14.8 Å². The Labute approximate surface area is 189 Å². The topological polar surface area (TPSA) is 98.7 Å². The standard InChI is InChI=1S/C22H30N6O3S/c1-17-14-19(25-18(2)29)6-7-20(17)32(30,31)28-12-10-27(11-13-28)22-15-21(23-16-24-22)26-8-4-3-5-9-26/h6-7,14-16H,3-5,8-13H2,1-2H3,(H,25,29). The van der Waals surface area contributed by atoms with E-state index in [1.165, 1.54) is 30.5 Å². The third kappa shape index (κ3) is 4.86. The minimum atomic E-state index is -3.62. The zero-order valence-corrected chi connectivity index (χ0v) is 19.4. The highest BCUT2D eigenvalue weighted by molar-refractivity contribution is 7.89. The molecule has 1 aromatic carbocycles. The van der Waals surface area contributed by atoms with Gasteiger partial charge in [-0.2, -0.15) is 4.31 Å². The Balaban J connectivity index is 1.44. The quantitative estimate of drug-likeness (QED) is 0.734. The summed E-state index contributed by atoms with van der Waals surface area (Å²) in [5.41, 5.74) is 1.20. The summed E-state index contributed by atoms with van der Waals surface area (Å²) in [7, 11) is -3.62. The van der Waals surface area contributed by atoms with Crippen LogP contribution in [0.4, 0.5) is 17.3 Å². The van der Waals surface area contributed by atoms with Crippen molar-refractivity contribution in [1.29, 1.82) is 0 Å². The second-order valence-electron chi connectivity index (χ2n) is 8.33. The van der Waals surface area contributed by atoms with Crippen LogP contribution in [0.1, 0.15) is 31.7 Å². The van der Waals surface area contributed by atoms with Crippen molar-refractivity contribution in [2.75, 3.05) is 54.4 Å². The van der Waals surface area contributed by atoms with Crippen molar-refractivity contribution < 1.29 is 13.2 Å². The van der Waals surface area contributed by atoms with Crippen LogP contribution in [0.2, 0.25) is 0 Å². The minimum Gasteiger partial charge on any atom is -0.356 e. The maximum Gasteiger partial charge on any atom is 0.243 e. The molecule has 0 radical (unpaired) electrons. The molecule has 2 saturated heterocycles. The highest BCUT2D eigenvalue weighted by atomic mass is 32.2. The lowest BCUT2D eigenvalue weighted by atomic mass is 10.1. The molecule has 9 nitrogen and oxygen atoms in total. The van der Waals surface area contributed by atoms with Gasteiger partial charge in [-0.1, -0.05) is 0 Å². The molecule has 0 bridgehead atoms. The van der Waals surface area contributed by atoms with Gasteiger partial charge in [0.25, 0.3) is 0 Å². The number of aromatic nitrogens is 2. The van der Waals surface area contributed by atoms with Gasteiger partial charge in [-0.3, -0.25) is 4.79 Å². The van der Waals surface area contributed by atoms with Gasteiger partial charge in [-0.15, -0.1) is 0 Å². The molecule has 1 N–H and O–H groups in total. The van der Waals surface area contributed by atoms with Gasteiger partial charge in [0.05, 0.1) is 4.90 Å². The molecule has 0 unspecified atom stereocenters. The maximum atomic E-state index is 13.2. The van der Waals surface area contributed by atoms with Crippen molar-refractivity contribution >= 4 is 33.3 Å². The second kappa shape index (κ2) is 9.41. The van der Waals surface area contributed by atoms with E-state index in [0.29, 0.717) is 37.4 Å². The van der Waals surface area contributed by atoms with E-state index >= 15 is 0 Å². The molecular formula is C22H30N6O3S. The lowest BCUT2D eigenvalue weighted by Crippen LogP contribution is -2.49. The Kier molecular flexibility index (Phi) is 6.61. The van der Waals surface area contributed by atoms with Gasteiger partial charge in [0.15, 0.2) is 0 Å². The van der Waals surface area contributed by atoms with Gasteiger partial charge in [0.1, 0.15) is 18.0 Å². The molecule has 0 saturated carbocycles. The number of benzene rings is 1. The molecule has 0 aliphatic carbocycles. The fraction of sp³-hybridized carbons (Fsp3) is 0.500. The Hall–Kier alpha value is -2.72. The first-order chi connectivity index (χ1) is 15.3. The molecular weight excluding hydrogens is 428 g/mol. The molecule has 2 aliphatic heterocycles. The number of aryl methyl sites for hydroxylation is 1. The van der Waals surface area contributed by atoms with Crippen LogP contribution in [0.5, 0.6) is 0 Å². The number of hydrogen-bond donors (Lipinski definition) is 1. The SMILES string of the molecule is CC(=O)Nc1ccc(S(=O)(=O)N2CCN(c3cc(N4CCCCC4)ncn3)CC2)c(C)c1. The van der Waals surface area contributed by atoms with E-state index in [4.69, 9.17) is 0 Å². The molecule has 10 heteroatoms. The number of anilines is 3. The zero-order valence-electron chi connectivity index (χ0n) is 18.6. The van der Waals surface area contributed by atoms with Crippen molar-refractivity contribution in [3.8, 4) is 0 Å². The van der Waals surface area contributed by atoms with Gasteiger partial charge in [0.2, 0.25) is 15.9 Å². The number of nitrogens with zero attached hydrogens (tertiary/aromatic N) is 5. The lowest BCUT2D eigenvalue weighted by Gasteiger charge is -2.35. The summed E-state index contributed by atoms with van der Waals surface area (Å²) in [5, 5.41) is 2.69. The van der Waals surface area contributed by atoms with Gasteiger partial charge in [0, 0.05) is 57.9 Å². The number of piperazine rings is 1. The highest BCUT2D eigenvalue weighted by Crippen LogP contribution is 2.26. The van der Waals surface area contributed by atoms with Gasteiger partial charge < -0.3 is 15.1 Å². The van der Waals surface area contributed by atoms with Gasteiger partial charge >= 0.3 is 0 Å². The molecule has 2 aromatic rings. The average Bonchev–Trinajstić information content (AvgIpc) is 2.79. The summed E-state index contributed by atoms with van der Waals surface area (Å²) in [6.45, 7) is 7.11. The summed E-state index contributed by atoms with van der Waals surface area (Å²) in [6.07, 6.45) is 5.23. The molecule has 1 amide bonds. The third-order valence-electron chi connectivity index (χ3n) is 5.99. The van der Waals surface area contributed by atoms with Crippen LogP contribution in [0, 0.1) is 6.92 Å². The molecule has 32 heavy (non-hydrogen) atoms. The third-order valence-corrected chi connectivity index (χ3v) is 8.05. The predicted octanol–water partition coefficient (Wildman–Crippen LogP) is 2.24. The fourth-order valence-corrected chi connectivity index (χ4v) is 5.95. The van der Waals surface area contributed by atoms with Crippen molar-refractivity contribution in [3.05, 3.63) is 36.2 Å². The summed E-state index contributed by atoms with van der Waals surface area (Å²) in [4.78, 5) is 24.8. The maximum absolute atomic E-state index is 13.2. The zero-order chi connectivity index (χ0) is 22.7. The number of amides is 1. The summed E-state index contributed by atoms with van der Waals surface area (Å²) >= 11 is 0. The number of rotatable bonds is 5. The van der Waals surface area contributed by atoms with E-state index < -0.39 is 10.0 Å². The molecule has 4 rings (SSSR count). The van der Waals surface area contributed by atoms with Crippen molar-refractivity contribution in [1.82, 2.24) is 14.3 Å². The Morgan fingerprint density at radius 3 is 2.12 bits per heavy atom. The van der Waals surface area contributed by atoms with Crippen LogP contribution in [0.3, 0.4) is 0 Å². The Bertz CT molecular complexity index is 1080. The number of carbonyl (C=O) groups is 1. The first-order valence-corrected chi connectivity index (χ1v) is 12.5. The largest absolute Gasteiger partial charge is 0.356 e. The van der Waals surface area contributed by atoms with Gasteiger partial charge in [-0.25, -0.2) is 18.4 Å². The monoisotopic (exact) mass is 458 g/mol. The molecule has 1 aromatic heterocycles. The molecule has 2 aliphatic rings.